The molecule has 0 spiro atoms. The summed E-state index contributed by atoms with van der Waals surface area (Å²) in [5, 5.41) is 1.71. The number of hydrogen-bond donors (Lipinski definition) is 0. The first-order valence-electron chi connectivity index (χ1n) is 6.26. The second kappa shape index (κ2) is 5.11. The van der Waals surface area contributed by atoms with E-state index in [1.165, 1.54) is 0 Å². The number of likely N-dealkylation sites (N-methyl/N-ethyl adjacent to an activating group) is 1. The molecule has 2 aromatic rings. The molecule has 5 heteroatoms. The van der Waals surface area contributed by atoms with Crippen molar-refractivity contribution < 1.29 is 9.53 Å². The quantitative estimate of drug-likeness (QED) is 0.811. The summed E-state index contributed by atoms with van der Waals surface area (Å²) < 4.78 is 5.32. The third-order valence-electron chi connectivity index (χ3n) is 3.58. The number of halogens is 1. The number of fused-ring (bicyclic) bond motifs is 1. The molecular formula is C15H14ClNO2S. The number of benzene rings is 1. The molecule has 3 rings (SSSR count). The van der Waals surface area contributed by atoms with Crippen LogP contribution < -0.4 is 9.64 Å². The van der Waals surface area contributed by atoms with Crippen molar-refractivity contribution in [3.63, 3.8) is 0 Å². The number of carbonyl (C=O) groups excluding carboxylic acids is 1. The Morgan fingerprint density at radius 1 is 1.40 bits per heavy atom. The molecule has 3 nitrogen and oxygen atoms in total. The Bertz CT molecular complexity index is 668. The maximum Gasteiger partial charge on any atom is 0.231 e. The van der Waals surface area contributed by atoms with E-state index in [0.717, 1.165) is 27.4 Å². The van der Waals surface area contributed by atoms with Crippen LogP contribution in [0.2, 0.25) is 0 Å². The summed E-state index contributed by atoms with van der Waals surface area (Å²) in [4.78, 5) is 14.4. The van der Waals surface area contributed by atoms with Gasteiger partial charge < -0.3 is 9.64 Å². The van der Waals surface area contributed by atoms with Crippen LogP contribution in [0.15, 0.2) is 29.6 Å². The van der Waals surface area contributed by atoms with E-state index in [2.05, 4.69) is 0 Å². The van der Waals surface area contributed by atoms with Crippen molar-refractivity contribution in [1.82, 2.24) is 0 Å². The number of nitrogens with zero attached hydrogens (tertiary/aromatic N) is 1. The first-order chi connectivity index (χ1) is 9.61. The van der Waals surface area contributed by atoms with Gasteiger partial charge in [-0.3, -0.25) is 4.79 Å². The van der Waals surface area contributed by atoms with Gasteiger partial charge in [-0.2, -0.15) is 0 Å². The summed E-state index contributed by atoms with van der Waals surface area (Å²) in [6.07, 6.45) is 0.449. The number of thiophene rings is 1. The Labute approximate surface area is 126 Å². The lowest BCUT2D eigenvalue weighted by Gasteiger charge is -2.13. The molecule has 0 aliphatic carbocycles. The smallest absolute Gasteiger partial charge is 0.231 e. The molecule has 0 saturated heterocycles. The van der Waals surface area contributed by atoms with Crippen molar-refractivity contribution >= 4 is 34.5 Å². The van der Waals surface area contributed by atoms with Gasteiger partial charge in [-0.25, -0.2) is 0 Å². The fraction of sp³-hybridized carbons (Fsp3) is 0.267. The first-order valence-corrected chi connectivity index (χ1v) is 7.58. The standard InChI is InChI=1S/C15H14ClNO2S/c1-17-11-4-3-9(7-10(11)8-13(17)18)14(16)15-12(19-2)5-6-20-15/h3-7,14H,8H2,1-2H3. The summed E-state index contributed by atoms with van der Waals surface area (Å²) in [5.41, 5.74) is 3.01. The molecule has 0 fully saturated rings. The molecule has 1 aromatic heterocycles. The van der Waals surface area contributed by atoms with Crippen molar-refractivity contribution in [3.8, 4) is 5.75 Å². The van der Waals surface area contributed by atoms with Gasteiger partial charge in [0.15, 0.2) is 0 Å². The molecule has 0 N–H and O–H groups in total. The highest BCUT2D eigenvalue weighted by atomic mass is 35.5. The molecule has 20 heavy (non-hydrogen) atoms. The Morgan fingerprint density at radius 3 is 2.95 bits per heavy atom. The molecule has 104 valence electrons. The third kappa shape index (κ3) is 2.09. The van der Waals surface area contributed by atoms with E-state index >= 15 is 0 Å². The average molecular weight is 308 g/mol. The maximum absolute atomic E-state index is 11.7. The minimum atomic E-state index is -0.253. The van der Waals surface area contributed by atoms with Crippen molar-refractivity contribution in [2.75, 3.05) is 19.1 Å². The van der Waals surface area contributed by atoms with E-state index in [4.69, 9.17) is 16.3 Å². The van der Waals surface area contributed by atoms with E-state index in [-0.39, 0.29) is 11.3 Å². The number of rotatable bonds is 3. The lowest BCUT2D eigenvalue weighted by Crippen LogP contribution is -2.20. The minimum Gasteiger partial charge on any atom is -0.496 e. The van der Waals surface area contributed by atoms with Crippen LogP contribution in [0.1, 0.15) is 21.4 Å². The van der Waals surface area contributed by atoms with Crippen LogP contribution in [0, 0.1) is 0 Å². The molecule has 1 unspecified atom stereocenters. The third-order valence-corrected chi connectivity index (χ3v) is 5.14. The van der Waals surface area contributed by atoms with E-state index in [1.807, 2.05) is 29.6 Å². The Kier molecular flexibility index (Phi) is 3.44. The van der Waals surface area contributed by atoms with Gasteiger partial charge in [-0.1, -0.05) is 12.1 Å². The zero-order chi connectivity index (χ0) is 14.3. The van der Waals surface area contributed by atoms with E-state index in [9.17, 15) is 4.79 Å². The average Bonchev–Trinajstić information content (AvgIpc) is 3.03. The maximum atomic E-state index is 11.7. The van der Waals surface area contributed by atoms with Crippen LogP contribution >= 0.6 is 22.9 Å². The monoisotopic (exact) mass is 307 g/mol. The fourth-order valence-electron chi connectivity index (χ4n) is 2.46. The van der Waals surface area contributed by atoms with Gasteiger partial charge in [-0.15, -0.1) is 22.9 Å². The normalized spacial score (nSPS) is 15.3. The van der Waals surface area contributed by atoms with Crippen molar-refractivity contribution in [2.45, 2.75) is 11.8 Å². The van der Waals surface area contributed by atoms with Gasteiger partial charge in [-0.05, 0) is 28.6 Å². The lowest BCUT2D eigenvalue weighted by atomic mass is 10.0. The number of ether oxygens (including phenoxy) is 1. The largest absolute Gasteiger partial charge is 0.496 e. The van der Waals surface area contributed by atoms with E-state index < -0.39 is 0 Å². The number of hydrogen-bond acceptors (Lipinski definition) is 3. The predicted molar refractivity (Wildman–Crippen MR) is 82.1 cm³/mol. The molecule has 1 aliphatic heterocycles. The van der Waals surface area contributed by atoms with E-state index in [0.29, 0.717) is 6.42 Å². The summed E-state index contributed by atoms with van der Waals surface area (Å²) in [6, 6.07) is 7.88. The summed E-state index contributed by atoms with van der Waals surface area (Å²) in [5.74, 6) is 0.931. The molecular weight excluding hydrogens is 294 g/mol. The van der Waals surface area contributed by atoms with Gasteiger partial charge in [0.05, 0.1) is 23.8 Å². The SMILES string of the molecule is COc1ccsc1C(Cl)c1ccc2c(c1)CC(=O)N2C. The van der Waals surface area contributed by atoms with Gasteiger partial charge in [0.1, 0.15) is 5.75 Å². The Hall–Kier alpha value is -1.52. The van der Waals surface area contributed by atoms with E-state index in [1.54, 1.807) is 30.4 Å². The number of alkyl halides is 1. The molecule has 1 aliphatic rings. The van der Waals surface area contributed by atoms with Crippen LogP contribution in [-0.2, 0) is 11.2 Å². The van der Waals surface area contributed by atoms with Crippen molar-refractivity contribution in [3.05, 3.63) is 45.6 Å². The second-order valence-corrected chi connectivity index (χ2v) is 6.12. The molecule has 1 atom stereocenters. The first kappa shape index (κ1) is 13.5. The summed E-state index contributed by atoms with van der Waals surface area (Å²) in [7, 11) is 3.44. The van der Waals surface area contributed by atoms with Crippen LogP contribution in [0.5, 0.6) is 5.75 Å². The zero-order valence-electron chi connectivity index (χ0n) is 11.2. The Balaban J connectivity index is 1.96. The summed E-state index contributed by atoms with van der Waals surface area (Å²) >= 11 is 8.14. The van der Waals surface area contributed by atoms with Gasteiger partial charge >= 0.3 is 0 Å². The van der Waals surface area contributed by atoms with Gasteiger partial charge in [0.2, 0.25) is 5.91 Å². The zero-order valence-corrected chi connectivity index (χ0v) is 12.8. The summed E-state index contributed by atoms with van der Waals surface area (Å²) in [6.45, 7) is 0. The molecule has 1 amide bonds. The number of amides is 1. The highest BCUT2D eigenvalue weighted by Gasteiger charge is 2.26. The lowest BCUT2D eigenvalue weighted by molar-refractivity contribution is -0.117. The number of anilines is 1. The van der Waals surface area contributed by atoms with Crippen LogP contribution in [-0.4, -0.2) is 20.1 Å². The minimum absolute atomic E-state index is 0.122. The Morgan fingerprint density at radius 2 is 2.20 bits per heavy atom. The highest BCUT2D eigenvalue weighted by Crippen LogP contribution is 2.40. The predicted octanol–water partition coefficient (Wildman–Crippen LogP) is 3.60. The topological polar surface area (TPSA) is 29.5 Å². The van der Waals surface area contributed by atoms with Crippen molar-refractivity contribution in [1.29, 1.82) is 0 Å². The molecule has 1 aromatic carbocycles. The van der Waals surface area contributed by atoms with Crippen LogP contribution in [0.4, 0.5) is 5.69 Å². The number of methoxy groups -OCH3 is 1. The fourth-order valence-corrected chi connectivity index (χ4v) is 3.72. The van der Waals surface area contributed by atoms with Crippen LogP contribution in [0.25, 0.3) is 0 Å². The van der Waals surface area contributed by atoms with Crippen LogP contribution in [0.3, 0.4) is 0 Å². The highest BCUT2D eigenvalue weighted by molar-refractivity contribution is 7.10. The van der Waals surface area contributed by atoms with Gasteiger partial charge in [0, 0.05) is 12.7 Å². The number of carbonyl (C=O) groups is 1. The van der Waals surface area contributed by atoms with Crippen molar-refractivity contribution in [2.24, 2.45) is 0 Å². The molecule has 2 heterocycles. The molecule has 0 saturated carbocycles. The molecule has 0 radical (unpaired) electrons. The van der Waals surface area contributed by atoms with Gasteiger partial charge in [0.25, 0.3) is 0 Å². The molecule has 0 bridgehead atoms. The second-order valence-electron chi connectivity index (χ2n) is 4.73.